The molecule has 0 aromatic carbocycles. The topological polar surface area (TPSA) is 12.4 Å². The van der Waals surface area contributed by atoms with Gasteiger partial charge in [0, 0.05) is 12.3 Å². The molecule has 1 nitrogen and oxygen atoms in total. The molecule has 3 heteroatoms. The average molecular weight is 182 g/mol. The van der Waals surface area contributed by atoms with Crippen LogP contribution in [0.25, 0.3) is 0 Å². The van der Waals surface area contributed by atoms with E-state index in [9.17, 15) is 0 Å². The van der Waals surface area contributed by atoms with Gasteiger partial charge >= 0.3 is 0 Å². The molecule has 1 aliphatic rings. The standard InChI is InChI=1S/C4H7NS.BrH/c1-4-5-2-3-6-4;/h2-3H2,1H3;1H. The third-order valence-corrected chi connectivity index (χ3v) is 1.67. The molecule has 0 radical (unpaired) electrons. The fourth-order valence-corrected chi connectivity index (χ4v) is 1.10. The SMILES string of the molecule is Br.CC1=NCCS1. The quantitative estimate of drug-likeness (QED) is 0.555. The maximum atomic E-state index is 4.12. The summed E-state index contributed by atoms with van der Waals surface area (Å²) in [7, 11) is 0. The fourth-order valence-electron chi connectivity index (χ4n) is 0.442. The van der Waals surface area contributed by atoms with Crippen molar-refractivity contribution in [3.8, 4) is 0 Å². The molecule has 0 fully saturated rings. The van der Waals surface area contributed by atoms with E-state index in [0.717, 1.165) is 6.54 Å². The number of rotatable bonds is 0. The van der Waals surface area contributed by atoms with Crippen LogP contribution in [-0.2, 0) is 0 Å². The van der Waals surface area contributed by atoms with Gasteiger partial charge < -0.3 is 0 Å². The molecule has 1 rings (SSSR count). The van der Waals surface area contributed by atoms with E-state index < -0.39 is 0 Å². The van der Waals surface area contributed by atoms with E-state index in [1.54, 1.807) is 0 Å². The molecule has 0 N–H and O–H groups in total. The molecule has 0 spiro atoms. The molecular weight excluding hydrogens is 174 g/mol. The Morgan fingerprint density at radius 1 is 1.71 bits per heavy atom. The summed E-state index contributed by atoms with van der Waals surface area (Å²) in [5.41, 5.74) is 0. The first-order chi connectivity index (χ1) is 2.89. The van der Waals surface area contributed by atoms with Crippen molar-refractivity contribution in [2.45, 2.75) is 6.92 Å². The van der Waals surface area contributed by atoms with Crippen molar-refractivity contribution in [2.75, 3.05) is 12.3 Å². The normalized spacial score (nSPS) is 18.1. The summed E-state index contributed by atoms with van der Waals surface area (Å²) in [5.74, 6) is 1.20. The number of aliphatic imine (C=N–C) groups is 1. The maximum absolute atomic E-state index is 4.12. The highest BCUT2D eigenvalue weighted by Gasteiger charge is 1.97. The lowest BCUT2D eigenvalue weighted by molar-refractivity contribution is 1.17. The summed E-state index contributed by atoms with van der Waals surface area (Å²) in [6, 6.07) is 0. The van der Waals surface area contributed by atoms with Gasteiger partial charge in [0.25, 0.3) is 0 Å². The van der Waals surface area contributed by atoms with Gasteiger partial charge in [-0.1, -0.05) is 0 Å². The minimum atomic E-state index is 0. The number of halogens is 1. The Hall–Kier alpha value is 0.500. The summed E-state index contributed by atoms with van der Waals surface area (Å²) in [6.45, 7) is 3.09. The molecule has 0 saturated heterocycles. The van der Waals surface area contributed by atoms with Crippen molar-refractivity contribution in [1.29, 1.82) is 0 Å². The lowest BCUT2D eigenvalue weighted by Gasteiger charge is -1.76. The van der Waals surface area contributed by atoms with Crippen molar-refractivity contribution in [3.05, 3.63) is 0 Å². The van der Waals surface area contributed by atoms with Crippen LogP contribution in [0.5, 0.6) is 0 Å². The zero-order valence-electron chi connectivity index (χ0n) is 4.18. The number of hydrogen-bond donors (Lipinski definition) is 0. The Labute approximate surface area is 58.4 Å². The van der Waals surface area contributed by atoms with Gasteiger partial charge in [0.1, 0.15) is 0 Å². The second-order valence-electron chi connectivity index (χ2n) is 1.25. The van der Waals surface area contributed by atoms with Gasteiger partial charge in [-0.15, -0.1) is 28.7 Å². The highest BCUT2D eigenvalue weighted by Crippen LogP contribution is 2.09. The van der Waals surface area contributed by atoms with Crippen LogP contribution in [0.4, 0.5) is 0 Å². The monoisotopic (exact) mass is 181 g/mol. The lowest BCUT2D eigenvalue weighted by Crippen LogP contribution is -1.70. The third-order valence-electron chi connectivity index (χ3n) is 0.737. The Morgan fingerprint density at radius 3 is 2.57 bits per heavy atom. The van der Waals surface area contributed by atoms with Gasteiger partial charge in [0.15, 0.2) is 0 Å². The molecule has 0 bridgehead atoms. The van der Waals surface area contributed by atoms with Gasteiger partial charge in [0.2, 0.25) is 0 Å². The molecule has 1 aliphatic heterocycles. The smallest absolute Gasteiger partial charge is 0.0645 e. The lowest BCUT2D eigenvalue weighted by atomic mass is 10.8. The van der Waals surface area contributed by atoms with Gasteiger partial charge in [-0.05, 0) is 6.92 Å². The van der Waals surface area contributed by atoms with Gasteiger partial charge in [0.05, 0.1) is 5.04 Å². The average Bonchev–Trinajstić information content (AvgIpc) is 1.86. The Kier molecular flexibility index (Phi) is 3.75. The Morgan fingerprint density at radius 2 is 2.43 bits per heavy atom. The van der Waals surface area contributed by atoms with Crippen molar-refractivity contribution in [3.63, 3.8) is 0 Å². The second-order valence-corrected chi connectivity index (χ2v) is 2.54. The predicted molar refractivity (Wildman–Crippen MR) is 40.8 cm³/mol. The minimum Gasteiger partial charge on any atom is -0.282 e. The van der Waals surface area contributed by atoms with Crippen molar-refractivity contribution in [2.24, 2.45) is 4.99 Å². The zero-order chi connectivity index (χ0) is 4.41. The third kappa shape index (κ3) is 2.34. The van der Waals surface area contributed by atoms with E-state index >= 15 is 0 Å². The molecular formula is C4H8BrNS. The highest BCUT2D eigenvalue weighted by atomic mass is 79.9. The van der Waals surface area contributed by atoms with E-state index in [-0.39, 0.29) is 17.0 Å². The predicted octanol–water partition coefficient (Wildman–Crippen LogP) is 1.73. The maximum Gasteiger partial charge on any atom is 0.0645 e. The first kappa shape index (κ1) is 7.50. The number of thioether (sulfide) groups is 1. The van der Waals surface area contributed by atoms with Crippen molar-refractivity contribution >= 4 is 33.8 Å². The highest BCUT2D eigenvalue weighted by molar-refractivity contribution is 8.93. The molecule has 0 unspecified atom stereocenters. The molecule has 0 amide bonds. The molecule has 0 aliphatic carbocycles. The van der Waals surface area contributed by atoms with Crippen LogP contribution in [0.1, 0.15) is 6.92 Å². The summed E-state index contributed by atoms with van der Waals surface area (Å²) >= 11 is 1.85. The molecule has 0 aromatic rings. The van der Waals surface area contributed by atoms with Crippen LogP contribution in [-0.4, -0.2) is 17.3 Å². The zero-order valence-corrected chi connectivity index (χ0v) is 6.71. The van der Waals surface area contributed by atoms with Crippen molar-refractivity contribution < 1.29 is 0 Å². The fraction of sp³-hybridized carbons (Fsp3) is 0.750. The molecule has 42 valence electrons. The second kappa shape index (κ2) is 3.50. The summed E-state index contributed by atoms with van der Waals surface area (Å²) < 4.78 is 0. The van der Waals surface area contributed by atoms with E-state index in [4.69, 9.17) is 0 Å². The minimum absolute atomic E-state index is 0. The molecule has 1 heterocycles. The molecule has 7 heavy (non-hydrogen) atoms. The van der Waals surface area contributed by atoms with E-state index in [0.29, 0.717) is 0 Å². The van der Waals surface area contributed by atoms with Crippen LogP contribution in [0.2, 0.25) is 0 Å². The van der Waals surface area contributed by atoms with Crippen LogP contribution in [0.3, 0.4) is 0 Å². The van der Waals surface area contributed by atoms with E-state index in [2.05, 4.69) is 11.9 Å². The number of nitrogens with zero attached hydrogens (tertiary/aromatic N) is 1. The number of hydrogen-bond acceptors (Lipinski definition) is 2. The Balaban J connectivity index is 0.000000360. The van der Waals surface area contributed by atoms with E-state index in [1.165, 1.54) is 10.8 Å². The first-order valence-electron chi connectivity index (χ1n) is 2.03. The molecule has 0 saturated carbocycles. The largest absolute Gasteiger partial charge is 0.282 e. The van der Waals surface area contributed by atoms with Gasteiger partial charge in [-0.2, -0.15) is 0 Å². The van der Waals surface area contributed by atoms with Gasteiger partial charge in [-0.3, -0.25) is 4.99 Å². The van der Waals surface area contributed by atoms with Crippen LogP contribution < -0.4 is 0 Å². The van der Waals surface area contributed by atoms with Crippen LogP contribution in [0.15, 0.2) is 4.99 Å². The van der Waals surface area contributed by atoms with Gasteiger partial charge in [-0.25, -0.2) is 0 Å². The molecule has 0 aromatic heterocycles. The summed E-state index contributed by atoms with van der Waals surface area (Å²) in [6.07, 6.45) is 0. The summed E-state index contributed by atoms with van der Waals surface area (Å²) in [4.78, 5) is 4.12. The summed E-state index contributed by atoms with van der Waals surface area (Å²) in [5, 5.41) is 1.25. The molecule has 0 atom stereocenters. The Bertz CT molecular complexity index is 81.8. The first-order valence-corrected chi connectivity index (χ1v) is 3.02. The van der Waals surface area contributed by atoms with E-state index in [1.807, 2.05) is 11.8 Å². The van der Waals surface area contributed by atoms with Crippen LogP contribution >= 0.6 is 28.7 Å². The van der Waals surface area contributed by atoms with Crippen LogP contribution in [0, 0.1) is 0 Å². The van der Waals surface area contributed by atoms with Crippen molar-refractivity contribution in [1.82, 2.24) is 0 Å².